The number of carbonyl (C=O) groups excluding carboxylic acids is 1. The van der Waals surface area contributed by atoms with Crippen LogP contribution in [0.2, 0.25) is 0 Å². The molecule has 114 valence electrons. The van der Waals surface area contributed by atoms with Crippen LogP contribution < -0.4 is 11.1 Å². The van der Waals surface area contributed by atoms with Crippen molar-refractivity contribution in [3.8, 4) is 0 Å². The second kappa shape index (κ2) is 8.42. The van der Waals surface area contributed by atoms with Crippen molar-refractivity contribution in [2.75, 3.05) is 25.1 Å². The predicted molar refractivity (Wildman–Crippen MR) is 83.6 cm³/mol. The molecule has 20 heavy (non-hydrogen) atoms. The maximum atomic E-state index is 12.3. The molecule has 1 fully saturated rings. The van der Waals surface area contributed by atoms with Gasteiger partial charge in [0.1, 0.15) is 5.82 Å². The average molecular weight is 322 g/mol. The first-order valence-corrected chi connectivity index (χ1v) is 6.19. The molecule has 0 aromatic carbocycles. The van der Waals surface area contributed by atoms with E-state index in [1.165, 1.54) is 0 Å². The van der Waals surface area contributed by atoms with Gasteiger partial charge in [-0.25, -0.2) is 4.98 Å². The molecule has 2 heterocycles. The van der Waals surface area contributed by atoms with Crippen LogP contribution in [0.25, 0.3) is 0 Å². The van der Waals surface area contributed by atoms with E-state index in [0.717, 1.165) is 5.69 Å². The molecule has 7 heteroatoms. The number of halogens is 2. The molecular formula is C13H21Cl2N3O2. The molecule has 1 aromatic heterocycles. The van der Waals surface area contributed by atoms with Gasteiger partial charge >= 0.3 is 0 Å². The molecule has 0 aliphatic carbocycles. The van der Waals surface area contributed by atoms with Gasteiger partial charge in [0.25, 0.3) is 0 Å². The first-order chi connectivity index (χ1) is 8.66. The number of rotatable bonds is 3. The van der Waals surface area contributed by atoms with Crippen molar-refractivity contribution in [2.24, 2.45) is 11.1 Å². The second-order valence-electron chi connectivity index (χ2n) is 4.72. The number of amides is 1. The summed E-state index contributed by atoms with van der Waals surface area (Å²) in [6.45, 7) is 3.41. The quantitative estimate of drug-likeness (QED) is 0.891. The van der Waals surface area contributed by atoms with Gasteiger partial charge in [0.2, 0.25) is 5.91 Å². The molecule has 0 atom stereocenters. The van der Waals surface area contributed by atoms with Crippen LogP contribution >= 0.6 is 24.8 Å². The number of anilines is 1. The van der Waals surface area contributed by atoms with Crippen LogP contribution in [0.4, 0.5) is 5.82 Å². The summed E-state index contributed by atoms with van der Waals surface area (Å²) in [5.41, 5.74) is 6.15. The summed E-state index contributed by atoms with van der Waals surface area (Å²) in [6.07, 6.45) is 1.34. The van der Waals surface area contributed by atoms with Crippen LogP contribution in [0.5, 0.6) is 0 Å². The van der Waals surface area contributed by atoms with E-state index in [4.69, 9.17) is 10.5 Å². The van der Waals surface area contributed by atoms with E-state index in [0.29, 0.717) is 38.4 Å². The monoisotopic (exact) mass is 321 g/mol. The Kier molecular flexibility index (Phi) is 8.05. The Bertz CT molecular complexity index is 437. The number of nitrogens with two attached hydrogens (primary N) is 1. The highest BCUT2D eigenvalue weighted by molar-refractivity contribution is 5.94. The highest BCUT2D eigenvalue weighted by atomic mass is 35.5. The smallest absolute Gasteiger partial charge is 0.233 e. The van der Waals surface area contributed by atoms with Gasteiger partial charge < -0.3 is 15.8 Å². The van der Waals surface area contributed by atoms with Crippen LogP contribution in [-0.4, -0.2) is 30.6 Å². The normalized spacial score (nSPS) is 16.5. The number of aryl methyl sites for hydroxylation is 1. The molecule has 2 rings (SSSR count). The summed E-state index contributed by atoms with van der Waals surface area (Å²) in [7, 11) is 0. The van der Waals surface area contributed by atoms with Gasteiger partial charge in [-0.05, 0) is 31.9 Å². The van der Waals surface area contributed by atoms with E-state index < -0.39 is 5.41 Å². The van der Waals surface area contributed by atoms with Crippen LogP contribution in [0.1, 0.15) is 18.5 Å². The van der Waals surface area contributed by atoms with Crippen molar-refractivity contribution in [3.63, 3.8) is 0 Å². The van der Waals surface area contributed by atoms with E-state index in [-0.39, 0.29) is 30.7 Å². The predicted octanol–water partition coefficient (Wildman–Crippen LogP) is 1.93. The minimum Gasteiger partial charge on any atom is -0.381 e. The number of ether oxygens (including phenoxy) is 1. The first kappa shape index (κ1) is 19.1. The number of hydrogen-bond acceptors (Lipinski definition) is 4. The summed E-state index contributed by atoms with van der Waals surface area (Å²) in [4.78, 5) is 16.6. The maximum absolute atomic E-state index is 12.3. The fourth-order valence-electron chi connectivity index (χ4n) is 2.15. The lowest BCUT2D eigenvalue weighted by Crippen LogP contribution is -2.46. The number of pyridine rings is 1. The summed E-state index contributed by atoms with van der Waals surface area (Å²) >= 11 is 0. The third kappa shape index (κ3) is 4.31. The fourth-order valence-corrected chi connectivity index (χ4v) is 2.15. The Morgan fingerprint density at radius 1 is 1.40 bits per heavy atom. The molecular weight excluding hydrogens is 301 g/mol. The molecule has 5 nitrogen and oxygen atoms in total. The van der Waals surface area contributed by atoms with Gasteiger partial charge in [0.05, 0.1) is 5.41 Å². The van der Waals surface area contributed by atoms with Gasteiger partial charge in [-0.1, -0.05) is 6.07 Å². The molecule has 1 saturated heterocycles. The summed E-state index contributed by atoms with van der Waals surface area (Å²) in [5.74, 6) is 0.533. The van der Waals surface area contributed by atoms with Gasteiger partial charge in [0.15, 0.2) is 0 Å². The zero-order valence-corrected chi connectivity index (χ0v) is 13.1. The lowest BCUT2D eigenvalue weighted by molar-refractivity contribution is -0.130. The van der Waals surface area contributed by atoms with Crippen LogP contribution in [0, 0.1) is 12.3 Å². The lowest BCUT2D eigenvalue weighted by atomic mass is 9.79. The summed E-state index contributed by atoms with van der Waals surface area (Å²) in [6, 6.07) is 5.55. The van der Waals surface area contributed by atoms with Crippen LogP contribution in [0.3, 0.4) is 0 Å². The molecule has 0 unspecified atom stereocenters. The average Bonchev–Trinajstić information content (AvgIpc) is 2.39. The first-order valence-electron chi connectivity index (χ1n) is 6.19. The number of carbonyl (C=O) groups is 1. The van der Waals surface area contributed by atoms with E-state index in [1.54, 1.807) is 6.07 Å². The molecule has 3 N–H and O–H groups in total. The standard InChI is InChI=1S/C13H19N3O2.2ClH/c1-10-3-2-4-11(15-10)16-12(17)13(9-14)5-7-18-8-6-13;;/h2-4H,5-9,14H2,1H3,(H,15,16,17);2*1H. The Hall–Kier alpha value is -0.880. The van der Waals surface area contributed by atoms with Crippen molar-refractivity contribution in [1.82, 2.24) is 4.98 Å². The molecule has 0 saturated carbocycles. The van der Waals surface area contributed by atoms with Gasteiger partial charge in [-0.3, -0.25) is 4.79 Å². The SMILES string of the molecule is Cc1cccc(NC(=O)C2(CN)CCOCC2)n1.Cl.Cl. The van der Waals surface area contributed by atoms with E-state index in [2.05, 4.69) is 10.3 Å². The molecule has 0 bridgehead atoms. The van der Waals surface area contributed by atoms with E-state index in [9.17, 15) is 4.79 Å². The van der Waals surface area contributed by atoms with Crippen molar-refractivity contribution in [1.29, 1.82) is 0 Å². The van der Waals surface area contributed by atoms with Crippen molar-refractivity contribution < 1.29 is 9.53 Å². The van der Waals surface area contributed by atoms with Crippen LogP contribution in [-0.2, 0) is 9.53 Å². The van der Waals surface area contributed by atoms with E-state index in [1.807, 2.05) is 19.1 Å². The van der Waals surface area contributed by atoms with Crippen molar-refractivity contribution in [2.45, 2.75) is 19.8 Å². The molecule has 1 aliphatic rings. The highest BCUT2D eigenvalue weighted by Gasteiger charge is 2.38. The lowest BCUT2D eigenvalue weighted by Gasteiger charge is -2.34. The minimum absolute atomic E-state index is 0. The Balaban J connectivity index is 0.00000180. The third-order valence-electron chi connectivity index (χ3n) is 3.45. The highest BCUT2D eigenvalue weighted by Crippen LogP contribution is 2.30. The number of nitrogens with zero attached hydrogens (tertiary/aromatic N) is 1. The van der Waals surface area contributed by atoms with Crippen LogP contribution in [0.15, 0.2) is 18.2 Å². The third-order valence-corrected chi connectivity index (χ3v) is 3.45. The van der Waals surface area contributed by atoms with Gasteiger partial charge in [0, 0.05) is 25.5 Å². The fraction of sp³-hybridized carbons (Fsp3) is 0.538. The molecule has 0 spiro atoms. The number of aromatic nitrogens is 1. The van der Waals surface area contributed by atoms with E-state index >= 15 is 0 Å². The topological polar surface area (TPSA) is 77.2 Å². The molecule has 1 aliphatic heterocycles. The second-order valence-corrected chi connectivity index (χ2v) is 4.72. The van der Waals surface area contributed by atoms with Crippen molar-refractivity contribution >= 4 is 36.5 Å². The largest absolute Gasteiger partial charge is 0.381 e. The molecule has 0 radical (unpaired) electrons. The van der Waals surface area contributed by atoms with Gasteiger partial charge in [-0.2, -0.15) is 0 Å². The Morgan fingerprint density at radius 2 is 2.05 bits per heavy atom. The zero-order chi connectivity index (χ0) is 13.0. The molecule has 1 aromatic rings. The number of hydrogen-bond donors (Lipinski definition) is 2. The Morgan fingerprint density at radius 3 is 2.60 bits per heavy atom. The molecule has 1 amide bonds. The minimum atomic E-state index is -0.510. The zero-order valence-electron chi connectivity index (χ0n) is 11.4. The van der Waals surface area contributed by atoms with Gasteiger partial charge in [-0.15, -0.1) is 24.8 Å². The summed E-state index contributed by atoms with van der Waals surface area (Å²) < 4.78 is 5.29. The summed E-state index contributed by atoms with van der Waals surface area (Å²) in [5, 5.41) is 2.86. The Labute approximate surface area is 131 Å². The number of nitrogens with one attached hydrogen (secondary N) is 1. The maximum Gasteiger partial charge on any atom is 0.233 e. The van der Waals surface area contributed by atoms with Crippen molar-refractivity contribution in [3.05, 3.63) is 23.9 Å².